The molecule has 3 rings (SSSR count). The highest BCUT2D eigenvalue weighted by Gasteiger charge is 2.21. The Morgan fingerprint density at radius 3 is 2.62 bits per heavy atom. The summed E-state index contributed by atoms with van der Waals surface area (Å²) < 4.78 is 2.06. The number of rotatable bonds is 6. The number of Topliss-reactive ketones (excluding diaryl/α,β-unsaturated/α-hetero) is 1. The average Bonchev–Trinajstić information content (AvgIpc) is 3.23. The number of benzene rings is 1. The maximum absolute atomic E-state index is 12.6. The van der Waals surface area contributed by atoms with Crippen LogP contribution in [0.15, 0.2) is 46.9 Å². The van der Waals surface area contributed by atoms with Crippen LogP contribution < -0.4 is 0 Å². The molecule has 0 saturated heterocycles. The lowest BCUT2D eigenvalue weighted by Gasteiger charge is -2.11. The second kappa shape index (κ2) is 7.32. The third-order valence-electron chi connectivity index (χ3n) is 3.76. The van der Waals surface area contributed by atoms with Gasteiger partial charge in [-0.3, -0.25) is 4.79 Å². The van der Waals surface area contributed by atoms with E-state index in [1.165, 1.54) is 11.8 Å². The van der Waals surface area contributed by atoms with E-state index < -0.39 is 0 Å². The normalized spacial score (nSPS) is 12.3. The zero-order valence-electron chi connectivity index (χ0n) is 13.9. The molecule has 0 saturated carbocycles. The van der Waals surface area contributed by atoms with Gasteiger partial charge in [0.1, 0.15) is 0 Å². The summed E-state index contributed by atoms with van der Waals surface area (Å²) in [5.41, 5.74) is 1.89. The van der Waals surface area contributed by atoms with E-state index in [0.29, 0.717) is 0 Å². The van der Waals surface area contributed by atoms with E-state index in [1.807, 2.05) is 55.6 Å². The third-order valence-corrected chi connectivity index (χ3v) is 5.71. The summed E-state index contributed by atoms with van der Waals surface area (Å²) in [6.45, 7) is 6.78. The van der Waals surface area contributed by atoms with Crippen molar-refractivity contribution in [3.05, 3.63) is 52.9 Å². The van der Waals surface area contributed by atoms with Crippen LogP contribution in [0.1, 0.15) is 29.8 Å². The first-order valence-electron chi connectivity index (χ1n) is 7.84. The van der Waals surface area contributed by atoms with Crippen LogP contribution in [-0.2, 0) is 6.54 Å². The van der Waals surface area contributed by atoms with Crippen LogP contribution in [0.3, 0.4) is 0 Å². The molecule has 0 bridgehead atoms. The predicted molar refractivity (Wildman–Crippen MR) is 99.8 cm³/mol. The van der Waals surface area contributed by atoms with Gasteiger partial charge < -0.3 is 4.57 Å². The molecule has 0 radical (unpaired) electrons. The number of nitrogens with zero attached hydrogens (tertiary/aromatic N) is 3. The summed E-state index contributed by atoms with van der Waals surface area (Å²) in [5.74, 6) is 0.980. The van der Waals surface area contributed by atoms with Crippen molar-refractivity contribution in [2.24, 2.45) is 0 Å². The van der Waals surface area contributed by atoms with Crippen molar-refractivity contribution >= 4 is 28.9 Å². The van der Waals surface area contributed by atoms with Crippen molar-refractivity contribution in [3.63, 3.8) is 0 Å². The van der Waals surface area contributed by atoms with E-state index in [-0.39, 0.29) is 11.0 Å². The van der Waals surface area contributed by atoms with Crippen molar-refractivity contribution in [1.29, 1.82) is 0 Å². The second-order valence-electron chi connectivity index (χ2n) is 5.52. The highest BCUT2D eigenvalue weighted by molar-refractivity contribution is 8.00. The number of thioether (sulfide) groups is 1. The molecule has 1 unspecified atom stereocenters. The maximum Gasteiger partial charge on any atom is 0.192 e. The van der Waals surface area contributed by atoms with Crippen LogP contribution in [0.25, 0.3) is 10.7 Å². The zero-order chi connectivity index (χ0) is 17.1. The van der Waals surface area contributed by atoms with E-state index in [9.17, 15) is 4.79 Å². The molecule has 2 aromatic heterocycles. The lowest BCUT2D eigenvalue weighted by Crippen LogP contribution is -2.14. The molecular formula is C18H19N3OS2. The van der Waals surface area contributed by atoms with E-state index in [1.54, 1.807) is 11.3 Å². The fourth-order valence-corrected chi connectivity index (χ4v) is 4.12. The monoisotopic (exact) mass is 357 g/mol. The van der Waals surface area contributed by atoms with Gasteiger partial charge in [-0.1, -0.05) is 47.7 Å². The minimum Gasteiger partial charge on any atom is -0.302 e. The largest absolute Gasteiger partial charge is 0.302 e. The smallest absolute Gasteiger partial charge is 0.192 e. The molecule has 1 aromatic carbocycles. The first-order valence-corrected chi connectivity index (χ1v) is 9.60. The molecule has 0 fully saturated rings. The molecule has 6 heteroatoms. The van der Waals surface area contributed by atoms with E-state index in [4.69, 9.17) is 0 Å². The summed E-state index contributed by atoms with van der Waals surface area (Å²) in [5, 5.41) is 11.2. The Morgan fingerprint density at radius 2 is 2.00 bits per heavy atom. The molecule has 0 spiro atoms. The Kier molecular flexibility index (Phi) is 5.16. The second-order valence-corrected chi connectivity index (χ2v) is 7.77. The van der Waals surface area contributed by atoms with Gasteiger partial charge in [-0.2, -0.15) is 0 Å². The Morgan fingerprint density at radius 1 is 1.25 bits per heavy atom. The number of aryl methyl sites for hydroxylation is 1. The van der Waals surface area contributed by atoms with E-state index in [0.717, 1.165) is 33.5 Å². The molecule has 0 aliphatic rings. The number of ketones is 1. The molecule has 0 aliphatic heterocycles. The molecule has 0 N–H and O–H groups in total. The third kappa shape index (κ3) is 3.44. The summed E-state index contributed by atoms with van der Waals surface area (Å²) in [6.07, 6.45) is 0. The van der Waals surface area contributed by atoms with Gasteiger partial charge >= 0.3 is 0 Å². The predicted octanol–water partition coefficient (Wildman–Crippen LogP) is 4.70. The quantitative estimate of drug-likeness (QED) is 0.474. The van der Waals surface area contributed by atoms with E-state index in [2.05, 4.69) is 21.7 Å². The van der Waals surface area contributed by atoms with Crippen molar-refractivity contribution in [1.82, 2.24) is 14.8 Å². The lowest BCUT2D eigenvalue weighted by molar-refractivity contribution is 0.0994. The van der Waals surface area contributed by atoms with Gasteiger partial charge in [-0.05, 0) is 32.2 Å². The molecule has 24 heavy (non-hydrogen) atoms. The van der Waals surface area contributed by atoms with Crippen LogP contribution in [0.4, 0.5) is 0 Å². The molecule has 3 aromatic rings. The van der Waals surface area contributed by atoms with Crippen molar-refractivity contribution in [2.45, 2.75) is 37.7 Å². The standard InChI is InChI=1S/C18H19N3OS2/c1-4-21-17(15-6-5-11-23-15)19-20-18(21)24-13(3)16(22)14-9-7-12(2)8-10-14/h5-11,13H,4H2,1-3H3. The lowest BCUT2D eigenvalue weighted by atomic mass is 10.1. The van der Waals surface area contributed by atoms with Crippen molar-refractivity contribution in [3.8, 4) is 10.7 Å². The Balaban J connectivity index is 1.80. The fourth-order valence-electron chi connectivity index (χ4n) is 2.41. The molecule has 124 valence electrons. The van der Waals surface area contributed by atoms with Gasteiger partial charge in [0, 0.05) is 12.1 Å². The molecule has 2 heterocycles. The maximum atomic E-state index is 12.6. The first kappa shape index (κ1) is 16.9. The van der Waals surface area contributed by atoms with Gasteiger partial charge in [0.05, 0.1) is 10.1 Å². The summed E-state index contributed by atoms with van der Waals surface area (Å²) >= 11 is 3.11. The number of aromatic nitrogens is 3. The van der Waals surface area contributed by atoms with Crippen LogP contribution in [0.2, 0.25) is 0 Å². The van der Waals surface area contributed by atoms with Gasteiger partial charge in [0.25, 0.3) is 0 Å². The number of carbonyl (C=O) groups excluding carboxylic acids is 1. The summed E-state index contributed by atoms with van der Waals surface area (Å²) in [4.78, 5) is 13.7. The van der Waals surface area contributed by atoms with Gasteiger partial charge in [0.2, 0.25) is 0 Å². The fraction of sp³-hybridized carbons (Fsp3) is 0.278. The average molecular weight is 358 g/mol. The summed E-state index contributed by atoms with van der Waals surface area (Å²) in [6, 6.07) is 11.7. The zero-order valence-corrected chi connectivity index (χ0v) is 15.5. The minimum atomic E-state index is -0.210. The SMILES string of the molecule is CCn1c(SC(C)C(=O)c2ccc(C)cc2)nnc1-c1cccs1. The van der Waals surface area contributed by atoms with Crippen LogP contribution in [0.5, 0.6) is 0 Å². The van der Waals surface area contributed by atoms with Crippen LogP contribution in [0, 0.1) is 6.92 Å². The molecule has 1 atom stereocenters. The Bertz CT molecular complexity index is 823. The number of hydrogen-bond acceptors (Lipinski definition) is 5. The topological polar surface area (TPSA) is 47.8 Å². The minimum absolute atomic E-state index is 0.114. The molecule has 0 amide bonds. The molecule has 0 aliphatic carbocycles. The number of hydrogen-bond donors (Lipinski definition) is 0. The van der Waals surface area contributed by atoms with Crippen LogP contribution >= 0.6 is 23.1 Å². The van der Waals surface area contributed by atoms with Gasteiger partial charge in [-0.25, -0.2) is 0 Å². The van der Waals surface area contributed by atoms with Gasteiger partial charge in [-0.15, -0.1) is 21.5 Å². The molecule has 4 nitrogen and oxygen atoms in total. The Labute approximate surface area is 149 Å². The van der Waals surface area contributed by atoms with Crippen molar-refractivity contribution in [2.75, 3.05) is 0 Å². The first-order chi connectivity index (χ1) is 11.6. The Hall–Kier alpha value is -1.92. The van der Waals surface area contributed by atoms with E-state index >= 15 is 0 Å². The highest BCUT2D eigenvalue weighted by Crippen LogP contribution is 2.30. The van der Waals surface area contributed by atoms with Crippen LogP contribution in [-0.4, -0.2) is 25.8 Å². The highest BCUT2D eigenvalue weighted by atomic mass is 32.2. The number of thiophene rings is 1. The van der Waals surface area contributed by atoms with Gasteiger partial charge in [0.15, 0.2) is 16.8 Å². The summed E-state index contributed by atoms with van der Waals surface area (Å²) in [7, 11) is 0. The van der Waals surface area contributed by atoms with Crippen molar-refractivity contribution < 1.29 is 4.79 Å². The number of carbonyl (C=O) groups is 1. The molecular weight excluding hydrogens is 338 g/mol.